The van der Waals surface area contributed by atoms with Crippen LogP contribution in [0.1, 0.15) is 25.7 Å². The van der Waals surface area contributed by atoms with Crippen LogP contribution in [0, 0.1) is 5.41 Å². The third kappa shape index (κ3) is 2.47. The summed E-state index contributed by atoms with van der Waals surface area (Å²) < 4.78 is 6.37. The Morgan fingerprint density at radius 2 is 1.95 bits per heavy atom. The van der Waals surface area contributed by atoms with Crippen molar-refractivity contribution in [2.75, 3.05) is 6.61 Å². The number of hydrogen-bond donors (Lipinski definition) is 0. The summed E-state index contributed by atoms with van der Waals surface area (Å²) in [5.74, 6) is 0.253. The Hall–Kier alpha value is -1.12. The number of Topliss-reactive ketones (excluding diaryl/α,β-unsaturated/α-hetero) is 1. The van der Waals surface area contributed by atoms with Crippen LogP contribution in [-0.2, 0) is 14.3 Å². The molecule has 2 aliphatic rings. The summed E-state index contributed by atoms with van der Waals surface area (Å²) in [7, 11) is 0. The molecule has 1 aliphatic heterocycles. The van der Waals surface area contributed by atoms with E-state index < -0.39 is 0 Å². The van der Waals surface area contributed by atoms with Crippen molar-refractivity contribution in [1.29, 1.82) is 0 Å². The quantitative estimate of drug-likeness (QED) is 0.612. The molecule has 100 valence electrons. The van der Waals surface area contributed by atoms with Gasteiger partial charge in [-0.3, -0.25) is 0 Å². The zero-order chi connectivity index (χ0) is 13.3. The van der Waals surface area contributed by atoms with E-state index in [4.69, 9.17) is 4.74 Å². The molecule has 0 radical (unpaired) electrons. The first-order valence-corrected chi connectivity index (χ1v) is 8.46. The second-order valence-corrected chi connectivity index (χ2v) is 7.93. The van der Waals surface area contributed by atoms with Gasteiger partial charge in [-0.25, -0.2) is 0 Å². The van der Waals surface area contributed by atoms with Crippen LogP contribution in [0.15, 0.2) is 30.3 Å². The molecule has 1 aromatic rings. The van der Waals surface area contributed by atoms with Gasteiger partial charge in [-0.2, -0.15) is 0 Å². The molecule has 1 heterocycles. The van der Waals surface area contributed by atoms with Crippen LogP contribution in [-0.4, -0.2) is 33.3 Å². The van der Waals surface area contributed by atoms with E-state index in [9.17, 15) is 9.59 Å². The summed E-state index contributed by atoms with van der Waals surface area (Å²) in [6.07, 6.45) is 2.71. The van der Waals surface area contributed by atoms with Crippen LogP contribution in [0.2, 0.25) is 4.82 Å². The summed E-state index contributed by atoms with van der Waals surface area (Å²) in [4.78, 5) is 24.1. The summed E-state index contributed by atoms with van der Waals surface area (Å²) in [6.45, 7) is 0.526. The van der Waals surface area contributed by atoms with Gasteiger partial charge < -0.3 is 0 Å². The van der Waals surface area contributed by atoms with Gasteiger partial charge in [0.25, 0.3) is 0 Å². The zero-order valence-corrected chi connectivity index (χ0v) is 12.3. The van der Waals surface area contributed by atoms with E-state index in [0.29, 0.717) is 31.7 Å². The molecule has 2 fully saturated rings. The van der Waals surface area contributed by atoms with E-state index in [-0.39, 0.29) is 31.2 Å². The van der Waals surface area contributed by atoms with Crippen LogP contribution in [0.5, 0.6) is 0 Å². The molecular weight excluding hydrogens is 307 g/mol. The van der Waals surface area contributed by atoms with Gasteiger partial charge in [0.15, 0.2) is 0 Å². The van der Waals surface area contributed by atoms with Crippen molar-refractivity contribution in [2.24, 2.45) is 5.41 Å². The number of carbonyl (C=O) groups is 2. The van der Waals surface area contributed by atoms with Gasteiger partial charge in [-0.1, -0.05) is 0 Å². The first kappa shape index (κ1) is 12.9. The number of ketones is 1. The Morgan fingerprint density at radius 3 is 2.63 bits per heavy atom. The molecule has 0 amide bonds. The van der Waals surface area contributed by atoms with Crippen LogP contribution in [0.4, 0.5) is 0 Å². The molecule has 1 spiro atoms. The van der Waals surface area contributed by atoms with Crippen molar-refractivity contribution in [2.45, 2.75) is 30.5 Å². The summed E-state index contributed by atoms with van der Waals surface area (Å²) >= 11 is 0.120. The Balaban J connectivity index is 1.77. The third-order valence-electron chi connectivity index (χ3n) is 4.05. The fraction of sp³-hybridized carbons (Fsp3) is 0.467. The van der Waals surface area contributed by atoms with Crippen molar-refractivity contribution < 1.29 is 14.3 Å². The number of rotatable bonds is 2. The van der Waals surface area contributed by atoms with Crippen molar-refractivity contribution in [3.05, 3.63) is 30.3 Å². The molecule has 1 saturated heterocycles. The Bertz CT molecular complexity index is 499. The van der Waals surface area contributed by atoms with Crippen LogP contribution < -0.4 is 4.46 Å². The number of cyclic esters (lactones) is 1. The van der Waals surface area contributed by atoms with Crippen molar-refractivity contribution >= 4 is 31.2 Å². The summed E-state index contributed by atoms with van der Waals surface area (Å²) in [5.41, 5.74) is -0.352. The molecule has 0 aromatic heterocycles. The molecule has 0 bridgehead atoms. The second-order valence-electron chi connectivity index (χ2n) is 5.26. The number of esters is 1. The summed E-state index contributed by atoms with van der Waals surface area (Å²) in [6, 6.07) is 10.1. The van der Waals surface area contributed by atoms with Crippen molar-refractivity contribution in [1.82, 2.24) is 0 Å². The number of ether oxygens (including phenoxy) is 1. The zero-order valence-electron chi connectivity index (χ0n) is 10.6. The van der Waals surface area contributed by atoms with E-state index in [1.54, 1.807) is 0 Å². The van der Waals surface area contributed by atoms with Crippen LogP contribution in [0.3, 0.4) is 0 Å². The van der Waals surface area contributed by atoms with E-state index in [1.807, 2.05) is 18.2 Å². The molecule has 0 N–H and O–H groups in total. The fourth-order valence-corrected chi connectivity index (χ4v) is 5.59. The average molecular weight is 323 g/mol. The molecule has 2 unspecified atom stereocenters. The van der Waals surface area contributed by atoms with Crippen LogP contribution in [0.25, 0.3) is 0 Å². The van der Waals surface area contributed by atoms with E-state index >= 15 is 0 Å². The van der Waals surface area contributed by atoms with E-state index in [2.05, 4.69) is 12.1 Å². The van der Waals surface area contributed by atoms with Gasteiger partial charge >= 0.3 is 118 Å². The fourth-order valence-electron chi connectivity index (χ4n) is 2.87. The minimum atomic E-state index is -0.352. The van der Waals surface area contributed by atoms with E-state index in [0.717, 1.165) is 6.42 Å². The molecule has 4 heteroatoms. The Kier molecular flexibility index (Phi) is 3.46. The van der Waals surface area contributed by atoms with E-state index in [1.165, 1.54) is 4.46 Å². The van der Waals surface area contributed by atoms with Crippen molar-refractivity contribution in [3.8, 4) is 0 Å². The number of carbonyl (C=O) groups excluding carboxylic acids is 2. The van der Waals surface area contributed by atoms with Crippen LogP contribution >= 0.6 is 0 Å². The van der Waals surface area contributed by atoms with Gasteiger partial charge in [-0.15, -0.1) is 0 Å². The molecular formula is C15H16O3Se. The van der Waals surface area contributed by atoms with Gasteiger partial charge in [0.05, 0.1) is 0 Å². The van der Waals surface area contributed by atoms with Gasteiger partial charge in [0.1, 0.15) is 0 Å². The molecule has 1 saturated carbocycles. The predicted octanol–water partition coefficient (Wildman–Crippen LogP) is 1.49. The number of hydrogen-bond acceptors (Lipinski definition) is 3. The molecule has 1 aliphatic carbocycles. The molecule has 2 atom stereocenters. The average Bonchev–Trinajstić information content (AvgIpc) is 2.77. The predicted molar refractivity (Wildman–Crippen MR) is 72.4 cm³/mol. The summed E-state index contributed by atoms with van der Waals surface area (Å²) in [5, 5.41) is 0. The monoisotopic (exact) mass is 324 g/mol. The Morgan fingerprint density at radius 1 is 1.16 bits per heavy atom. The molecule has 19 heavy (non-hydrogen) atoms. The van der Waals surface area contributed by atoms with Crippen molar-refractivity contribution in [3.63, 3.8) is 0 Å². The Labute approximate surface area is 118 Å². The maximum absolute atomic E-state index is 12.1. The molecule has 3 nitrogen and oxygen atoms in total. The SMILES string of the molecule is O=C1CCC2(CCOC2=O)CC1[Se]c1ccccc1. The maximum atomic E-state index is 12.1. The number of benzene rings is 1. The molecule has 1 aromatic carbocycles. The standard InChI is InChI=1S/C15H16O3Se/c16-12-6-7-15(8-9-18-14(15)17)10-13(12)19-11-4-2-1-3-5-11/h1-5,13H,6-10H2. The first-order valence-electron chi connectivity index (χ1n) is 6.61. The normalized spacial score (nSPS) is 30.6. The third-order valence-corrected chi connectivity index (χ3v) is 6.69. The second kappa shape index (κ2) is 5.10. The minimum absolute atomic E-state index is 0.0364. The van der Waals surface area contributed by atoms with Gasteiger partial charge in [0.2, 0.25) is 0 Å². The first-order chi connectivity index (χ1) is 9.20. The molecule has 3 rings (SSSR count). The van der Waals surface area contributed by atoms with Gasteiger partial charge in [-0.05, 0) is 0 Å². The van der Waals surface area contributed by atoms with Gasteiger partial charge in [0, 0.05) is 0 Å². The topological polar surface area (TPSA) is 43.4 Å².